The van der Waals surface area contributed by atoms with E-state index in [1.807, 2.05) is 0 Å². The van der Waals surface area contributed by atoms with Gasteiger partial charge >= 0.3 is 0 Å². The van der Waals surface area contributed by atoms with Gasteiger partial charge in [0.15, 0.2) is 10.1 Å². The number of nitrogens with one attached hydrogen (secondary N) is 1. The molecular formula is C24H19ClN6O3S2. The molecular weight excluding hydrogens is 520 g/mol. The van der Waals surface area contributed by atoms with Crippen molar-refractivity contribution in [1.82, 2.24) is 10.2 Å². The molecule has 3 heterocycles. The number of ketones is 1. The number of furan rings is 1. The second kappa shape index (κ2) is 10.2. The average molecular weight is 539 g/mol. The molecule has 0 radical (unpaired) electrons. The molecule has 2 aromatic heterocycles. The summed E-state index contributed by atoms with van der Waals surface area (Å²) >= 11 is 8.43. The first kappa shape index (κ1) is 24.1. The van der Waals surface area contributed by atoms with Crippen LogP contribution in [0.4, 0.5) is 10.8 Å². The monoisotopic (exact) mass is 538 g/mol. The van der Waals surface area contributed by atoms with E-state index in [2.05, 4.69) is 21.6 Å². The van der Waals surface area contributed by atoms with E-state index in [0.29, 0.717) is 56.5 Å². The molecule has 1 aromatic carbocycles. The summed E-state index contributed by atoms with van der Waals surface area (Å²) in [5.74, 6) is -0.106. The summed E-state index contributed by atoms with van der Waals surface area (Å²) in [6, 6.07) is 12.5. The van der Waals surface area contributed by atoms with Crippen LogP contribution in [0.15, 0.2) is 74.1 Å². The van der Waals surface area contributed by atoms with Crippen LogP contribution in [0.25, 0.3) is 0 Å². The number of benzene rings is 1. The molecule has 1 aliphatic heterocycles. The van der Waals surface area contributed by atoms with E-state index in [1.165, 1.54) is 29.4 Å². The van der Waals surface area contributed by atoms with Gasteiger partial charge in [0, 0.05) is 28.4 Å². The van der Waals surface area contributed by atoms with Gasteiger partial charge in [-0.3, -0.25) is 14.5 Å². The highest BCUT2D eigenvalue weighted by Crippen LogP contribution is 2.47. The minimum absolute atomic E-state index is 0.0419. The van der Waals surface area contributed by atoms with Crippen molar-refractivity contribution in [3.63, 3.8) is 0 Å². The number of amides is 1. The fourth-order valence-corrected chi connectivity index (χ4v) is 6.16. The molecule has 12 heteroatoms. The van der Waals surface area contributed by atoms with Crippen LogP contribution in [0.5, 0.6) is 0 Å². The number of hydrogen-bond donors (Lipinski definition) is 2. The van der Waals surface area contributed by atoms with E-state index >= 15 is 0 Å². The third-order valence-electron chi connectivity index (χ3n) is 5.76. The number of nitrogens with zero attached hydrogens (tertiary/aromatic N) is 4. The quantitative estimate of drug-likeness (QED) is 0.423. The molecule has 1 unspecified atom stereocenters. The molecule has 5 rings (SSSR count). The van der Waals surface area contributed by atoms with Gasteiger partial charge in [-0.25, -0.2) is 0 Å². The van der Waals surface area contributed by atoms with Crippen molar-refractivity contribution < 1.29 is 14.0 Å². The molecule has 0 saturated carbocycles. The maximum absolute atomic E-state index is 13.0. The second-order valence-corrected chi connectivity index (χ2v) is 10.6. The van der Waals surface area contributed by atoms with Gasteiger partial charge in [-0.2, -0.15) is 5.26 Å². The van der Waals surface area contributed by atoms with Gasteiger partial charge in [0.1, 0.15) is 11.6 Å². The van der Waals surface area contributed by atoms with E-state index in [-0.39, 0.29) is 28.8 Å². The van der Waals surface area contributed by atoms with E-state index in [9.17, 15) is 14.9 Å². The van der Waals surface area contributed by atoms with E-state index < -0.39 is 5.92 Å². The highest BCUT2D eigenvalue weighted by Gasteiger charge is 2.42. The summed E-state index contributed by atoms with van der Waals surface area (Å²) in [4.78, 5) is 27.1. The zero-order chi connectivity index (χ0) is 25.2. The fourth-order valence-electron chi connectivity index (χ4n) is 4.29. The Hall–Kier alpha value is -3.59. The second-order valence-electron chi connectivity index (χ2n) is 8.03. The minimum Gasteiger partial charge on any atom is -0.468 e. The lowest BCUT2D eigenvalue weighted by molar-refractivity contribution is -0.116. The standard InChI is InChI=1S/C24H19ClN6O3S2/c25-13-4-1-5-14(10-13)28-19(33)12-35-24-30-29-23(36-24)31-16-6-2-7-17(32)21(16)20(15(11-26)22(31)27)18-8-3-9-34-18/h1,3-5,8-10,20H,2,6-7,12,27H2,(H,28,33). The van der Waals surface area contributed by atoms with Crippen LogP contribution in [0, 0.1) is 11.3 Å². The lowest BCUT2D eigenvalue weighted by Gasteiger charge is -2.37. The predicted octanol–water partition coefficient (Wildman–Crippen LogP) is 4.82. The number of carbonyl (C=O) groups excluding carboxylic acids is 2. The largest absolute Gasteiger partial charge is 0.468 e. The van der Waals surface area contributed by atoms with Crippen LogP contribution in [0.2, 0.25) is 5.02 Å². The molecule has 1 atom stereocenters. The Labute approximate surface area is 219 Å². The lowest BCUT2D eigenvalue weighted by atomic mass is 9.78. The highest BCUT2D eigenvalue weighted by molar-refractivity contribution is 8.01. The van der Waals surface area contributed by atoms with Crippen molar-refractivity contribution in [2.45, 2.75) is 29.5 Å². The third kappa shape index (κ3) is 4.63. The van der Waals surface area contributed by atoms with Gasteiger partial charge in [-0.05, 0) is 43.2 Å². The van der Waals surface area contributed by atoms with Crippen molar-refractivity contribution in [3.05, 3.63) is 76.1 Å². The summed E-state index contributed by atoms with van der Waals surface area (Å²) in [5, 5.41) is 22.2. The molecule has 3 aromatic rings. The highest BCUT2D eigenvalue weighted by atomic mass is 35.5. The van der Waals surface area contributed by atoms with Crippen LogP contribution in [0.1, 0.15) is 30.9 Å². The maximum Gasteiger partial charge on any atom is 0.234 e. The van der Waals surface area contributed by atoms with E-state index in [0.717, 1.165) is 0 Å². The van der Waals surface area contributed by atoms with E-state index in [4.69, 9.17) is 21.8 Å². The number of allylic oxidation sites excluding steroid dienone is 3. The van der Waals surface area contributed by atoms with Gasteiger partial charge < -0.3 is 15.5 Å². The summed E-state index contributed by atoms with van der Waals surface area (Å²) in [5.41, 5.74) is 8.54. The number of nitriles is 1. The summed E-state index contributed by atoms with van der Waals surface area (Å²) < 4.78 is 6.13. The Balaban J connectivity index is 1.40. The number of aromatic nitrogens is 2. The SMILES string of the molecule is N#CC1=C(N)N(c2nnc(SCC(=O)Nc3cccc(Cl)c3)s2)C2=C(C(=O)CCC2)C1c1ccco1. The summed E-state index contributed by atoms with van der Waals surface area (Å²) in [6.07, 6.45) is 3.17. The Bertz CT molecular complexity index is 1440. The Kier molecular flexibility index (Phi) is 6.82. The van der Waals surface area contributed by atoms with Gasteiger partial charge in [0.05, 0.1) is 29.6 Å². The first-order valence-electron chi connectivity index (χ1n) is 11.0. The molecule has 1 amide bonds. The Morgan fingerprint density at radius 3 is 2.94 bits per heavy atom. The number of hydrogen-bond acceptors (Lipinski definition) is 10. The molecule has 0 saturated heterocycles. The van der Waals surface area contributed by atoms with Crippen LogP contribution in [-0.2, 0) is 9.59 Å². The molecule has 0 fully saturated rings. The van der Waals surface area contributed by atoms with Crippen molar-refractivity contribution in [2.75, 3.05) is 16.0 Å². The van der Waals surface area contributed by atoms with Gasteiger partial charge in [-0.1, -0.05) is 40.8 Å². The van der Waals surface area contributed by atoms with Crippen LogP contribution in [-0.4, -0.2) is 27.6 Å². The van der Waals surface area contributed by atoms with Crippen LogP contribution < -0.4 is 16.0 Å². The summed E-state index contributed by atoms with van der Waals surface area (Å²) in [7, 11) is 0. The normalized spacial score (nSPS) is 17.7. The lowest BCUT2D eigenvalue weighted by Crippen LogP contribution is -2.38. The number of Topliss-reactive ketones (excluding diaryl/α,β-unsaturated/α-hetero) is 1. The first-order chi connectivity index (χ1) is 17.5. The first-order valence-corrected chi connectivity index (χ1v) is 13.2. The van der Waals surface area contributed by atoms with Crippen LogP contribution in [0.3, 0.4) is 0 Å². The van der Waals surface area contributed by atoms with Crippen molar-refractivity contribution in [3.8, 4) is 6.07 Å². The van der Waals surface area contributed by atoms with Crippen LogP contribution >= 0.6 is 34.7 Å². The predicted molar refractivity (Wildman–Crippen MR) is 137 cm³/mol. The molecule has 1 aliphatic carbocycles. The zero-order valence-corrected chi connectivity index (χ0v) is 21.1. The molecule has 36 heavy (non-hydrogen) atoms. The minimum atomic E-state index is -0.652. The number of thioether (sulfide) groups is 1. The van der Waals surface area contributed by atoms with Crippen molar-refractivity contribution >= 4 is 57.2 Å². The molecule has 182 valence electrons. The van der Waals surface area contributed by atoms with E-state index in [1.54, 1.807) is 41.3 Å². The number of carbonyl (C=O) groups is 2. The van der Waals surface area contributed by atoms with Crippen molar-refractivity contribution in [1.29, 1.82) is 5.26 Å². The molecule has 0 bridgehead atoms. The zero-order valence-electron chi connectivity index (χ0n) is 18.7. The molecule has 3 N–H and O–H groups in total. The smallest absolute Gasteiger partial charge is 0.234 e. The number of anilines is 2. The molecule has 0 spiro atoms. The number of nitrogens with two attached hydrogens (primary N) is 1. The van der Waals surface area contributed by atoms with Crippen molar-refractivity contribution in [2.24, 2.45) is 5.73 Å². The maximum atomic E-state index is 13.0. The Morgan fingerprint density at radius 1 is 1.33 bits per heavy atom. The van der Waals surface area contributed by atoms with Gasteiger partial charge in [-0.15, -0.1) is 10.2 Å². The topological polar surface area (TPSA) is 138 Å². The fraction of sp³-hybridized carbons (Fsp3) is 0.208. The molecule has 2 aliphatic rings. The Morgan fingerprint density at radius 2 is 2.19 bits per heavy atom. The molecule has 9 nitrogen and oxygen atoms in total. The van der Waals surface area contributed by atoms with Gasteiger partial charge in [0.25, 0.3) is 0 Å². The average Bonchev–Trinajstić information content (AvgIpc) is 3.55. The summed E-state index contributed by atoms with van der Waals surface area (Å²) in [6.45, 7) is 0. The third-order valence-corrected chi connectivity index (χ3v) is 8.04. The number of halogens is 1. The van der Waals surface area contributed by atoms with Gasteiger partial charge in [0.2, 0.25) is 11.0 Å². The number of rotatable bonds is 6.